The Hall–Kier alpha value is -2.85. The molecule has 7 nitrogen and oxygen atoms in total. The normalized spacial score (nSPS) is 28.2. The second-order valence-corrected chi connectivity index (χ2v) is 10.4. The summed E-state index contributed by atoms with van der Waals surface area (Å²) in [6.45, 7) is 3.94. The zero-order chi connectivity index (χ0) is 27.0. The number of halogens is 1. The molecule has 3 aromatic carbocycles. The molecule has 0 aliphatic carbocycles. The van der Waals surface area contributed by atoms with E-state index in [4.69, 9.17) is 14.2 Å². The average molecular weight is 525 g/mol. The summed E-state index contributed by atoms with van der Waals surface area (Å²) in [4.78, 5) is 0. The van der Waals surface area contributed by atoms with Crippen LogP contribution in [-0.2, 0) is 21.5 Å². The van der Waals surface area contributed by atoms with Gasteiger partial charge in [0.1, 0.15) is 54.8 Å². The van der Waals surface area contributed by atoms with Gasteiger partial charge in [-0.25, -0.2) is 4.39 Å². The Morgan fingerprint density at radius 3 is 2.39 bits per heavy atom. The van der Waals surface area contributed by atoms with Crippen molar-refractivity contribution in [3.63, 3.8) is 0 Å². The van der Waals surface area contributed by atoms with E-state index in [0.29, 0.717) is 23.5 Å². The van der Waals surface area contributed by atoms with E-state index < -0.39 is 42.9 Å². The maximum atomic E-state index is 14.7. The molecule has 0 amide bonds. The second kappa shape index (κ2) is 10.7. The molecule has 4 N–H and O–H groups in total. The zero-order valence-corrected chi connectivity index (χ0v) is 21.3. The smallest absolute Gasteiger partial charge is 0.126 e. The summed E-state index contributed by atoms with van der Waals surface area (Å²) in [6, 6.07) is 19.9. The first kappa shape index (κ1) is 26.7. The van der Waals surface area contributed by atoms with E-state index in [-0.39, 0.29) is 18.1 Å². The van der Waals surface area contributed by atoms with Crippen LogP contribution < -0.4 is 4.74 Å². The van der Waals surface area contributed by atoms with Gasteiger partial charge < -0.3 is 34.6 Å². The topological polar surface area (TPSA) is 109 Å². The number of aliphatic hydroxyl groups excluding tert-OH is 4. The van der Waals surface area contributed by atoms with Crippen LogP contribution in [0.2, 0.25) is 0 Å². The van der Waals surface area contributed by atoms with E-state index in [2.05, 4.69) is 12.1 Å². The third-order valence-electron chi connectivity index (χ3n) is 7.40. The van der Waals surface area contributed by atoms with E-state index in [1.54, 1.807) is 6.07 Å². The predicted octanol–water partition coefficient (Wildman–Crippen LogP) is 3.32. The van der Waals surface area contributed by atoms with Gasteiger partial charge >= 0.3 is 0 Å². The highest BCUT2D eigenvalue weighted by Gasteiger charge is 2.44. The number of ether oxygens (including phenoxy) is 3. The Kier molecular flexibility index (Phi) is 7.55. The number of benzene rings is 3. The van der Waals surface area contributed by atoms with Gasteiger partial charge in [0, 0.05) is 6.42 Å². The van der Waals surface area contributed by atoms with Crippen molar-refractivity contribution in [2.45, 2.75) is 62.5 Å². The van der Waals surface area contributed by atoms with Gasteiger partial charge in [-0.1, -0.05) is 42.5 Å². The van der Waals surface area contributed by atoms with E-state index in [0.717, 1.165) is 16.7 Å². The van der Waals surface area contributed by atoms with Crippen molar-refractivity contribution in [1.82, 2.24) is 0 Å². The van der Waals surface area contributed by atoms with Gasteiger partial charge in [0.15, 0.2) is 0 Å². The molecule has 8 heteroatoms. The Bertz CT molecular complexity index is 1260. The summed E-state index contributed by atoms with van der Waals surface area (Å²) in [5, 5.41) is 40.0. The van der Waals surface area contributed by atoms with Crippen molar-refractivity contribution in [2.24, 2.45) is 0 Å². The number of aliphatic hydroxyl groups is 4. The van der Waals surface area contributed by atoms with Crippen molar-refractivity contribution in [3.8, 4) is 5.75 Å². The summed E-state index contributed by atoms with van der Waals surface area (Å²) in [6.07, 6.45) is -6.31. The molecule has 202 valence electrons. The van der Waals surface area contributed by atoms with Crippen molar-refractivity contribution < 1.29 is 39.0 Å². The van der Waals surface area contributed by atoms with E-state index in [1.165, 1.54) is 12.1 Å². The SMILES string of the molecule is CC1(C)OC(COc2ccc(Cc3cc([C@@H]4O[C@H](CO)[C@@H](O)[C@H](O)[C@H]4O)ccc3F)cc2)c2ccccc21. The fourth-order valence-electron chi connectivity index (χ4n) is 5.31. The maximum absolute atomic E-state index is 14.7. The zero-order valence-electron chi connectivity index (χ0n) is 21.3. The van der Waals surface area contributed by atoms with Gasteiger partial charge in [0.05, 0.1) is 12.2 Å². The van der Waals surface area contributed by atoms with Crippen molar-refractivity contribution in [3.05, 3.63) is 100 Å². The molecule has 1 fully saturated rings. The molecular weight excluding hydrogens is 491 g/mol. The lowest BCUT2D eigenvalue weighted by Gasteiger charge is -2.40. The van der Waals surface area contributed by atoms with E-state index in [1.807, 2.05) is 50.2 Å². The van der Waals surface area contributed by atoms with Gasteiger partial charge in [0.2, 0.25) is 0 Å². The maximum Gasteiger partial charge on any atom is 0.126 e. The van der Waals surface area contributed by atoms with Crippen LogP contribution in [0.25, 0.3) is 0 Å². The Balaban J connectivity index is 1.25. The minimum atomic E-state index is -1.50. The lowest BCUT2D eigenvalue weighted by Crippen LogP contribution is -2.55. The molecule has 2 heterocycles. The van der Waals surface area contributed by atoms with Crippen LogP contribution in [-0.4, -0.2) is 58.1 Å². The Morgan fingerprint density at radius 2 is 1.66 bits per heavy atom. The molecule has 1 unspecified atom stereocenters. The fraction of sp³-hybridized carbons (Fsp3) is 0.400. The van der Waals surface area contributed by atoms with Crippen LogP contribution in [0, 0.1) is 5.82 Å². The quantitative estimate of drug-likeness (QED) is 0.376. The third-order valence-corrected chi connectivity index (χ3v) is 7.40. The summed E-state index contributed by atoms with van der Waals surface area (Å²) < 4.78 is 32.5. The van der Waals surface area contributed by atoms with Crippen molar-refractivity contribution >= 4 is 0 Å². The molecule has 0 aromatic heterocycles. The van der Waals surface area contributed by atoms with Crippen LogP contribution in [0.15, 0.2) is 66.7 Å². The first-order chi connectivity index (χ1) is 18.2. The highest BCUT2D eigenvalue weighted by atomic mass is 19.1. The third kappa shape index (κ3) is 5.20. The molecule has 5 rings (SSSR count). The van der Waals surface area contributed by atoms with Gasteiger partial charge in [-0.2, -0.15) is 0 Å². The van der Waals surface area contributed by atoms with Gasteiger partial charge in [-0.15, -0.1) is 0 Å². The van der Waals surface area contributed by atoms with Crippen molar-refractivity contribution in [2.75, 3.05) is 13.2 Å². The van der Waals surface area contributed by atoms with Crippen LogP contribution in [0.1, 0.15) is 53.9 Å². The summed E-state index contributed by atoms with van der Waals surface area (Å²) in [5.74, 6) is 0.258. The van der Waals surface area contributed by atoms with Crippen LogP contribution >= 0.6 is 0 Å². The van der Waals surface area contributed by atoms with Crippen molar-refractivity contribution in [1.29, 1.82) is 0 Å². The first-order valence-corrected chi connectivity index (χ1v) is 12.8. The average Bonchev–Trinajstić information content (AvgIpc) is 3.18. The molecule has 0 spiro atoms. The summed E-state index contributed by atoms with van der Waals surface area (Å²) >= 11 is 0. The lowest BCUT2D eigenvalue weighted by molar-refractivity contribution is -0.231. The first-order valence-electron chi connectivity index (χ1n) is 12.8. The van der Waals surface area contributed by atoms with Gasteiger partial charge in [-0.3, -0.25) is 0 Å². The molecule has 6 atom stereocenters. The minimum Gasteiger partial charge on any atom is -0.491 e. The lowest BCUT2D eigenvalue weighted by atomic mass is 9.90. The molecule has 2 aliphatic heterocycles. The molecule has 1 saturated heterocycles. The molecule has 2 aliphatic rings. The molecule has 0 bridgehead atoms. The van der Waals surface area contributed by atoms with E-state index in [9.17, 15) is 24.8 Å². The summed E-state index contributed by atoms with van der Waals surface area (Å²) in [5.41, 5.74) is 3.60. The second-order valence-electron chi connectivity index (χ2n) is 10.4. The fourth-order valence-corrected chi connectivity index (χ4v) is 5.31. The molecule has 3 aromatic rings. The molecule has 0 saturated carbocycles. The van der Waals surface area contributed by atoms with E-state index >= 15 is 0 Å². The number of hydrogen-bond acceptors (Lipinski definition) is 7. The highest BCUT2D eigenvalue weighted by molar-refractivity contribution is 5.38. The van der Waals surface area contributed by atoms with Crippen LogP contribution in [0.4, 0.5) is 4.39 Å². The Labute approximate surface area is 221 Å². The molecular formula is C30H33FO7. The van der Waals surface area contributed by atoms with Crippen LogP contribution in [0.5, 0.6) is 5.75 Å². The van der Waals surface area contributed by atoms with Crippen LogP contribution in [0.3, 0.4) is 0 Å². The minimum absolute atomic E-state index is 0.167. The standard InChI is InChI=1S/C30H33FO7/c1-30(2)22-6-4-3-5-21(22)25(38-30)16-36-20-10-7-17(8-11-20)13-19-14-18(9-12-23(19)31)29-28(35)27(34)26(33)24(15-32)37-29/h3-12,14,24-29,32-35H,13,15-16H2,1-2H3/t24-,25?,26-,27+,28-,29+/m1/s1. The predicted molar refractivity (Wildman–Crippen MR) is 137 cm³/mol. The van der Waals surface area contributed by atoms with Gasteiger partial charge in [-0.05, 0) is 65.9 Å². The number of rotatable bonds is 7. The highest BCUT2D eigenvalue weighted by Crippen LogP contribution is 2.43. The number of fused-ring (bicyclic) bond motifs is 1. The van der Waals surface area contributed by atoms with Gasteiger partial charge in [0.25, 0.3) is 0 Å². The number of hydrogen-bond donors (Lipinski definition) is 4. The summed E-state index contributed by atoms with van der Waals surface area (Å²) in [7, 11) is 0. The Morgan fingerprint density at radius 1 is 0.921 bits per heavy atom. The monoisotopic (exact) mass is 524 g/mol. The molecule has 38 heavy (non-hydrogen) atoms. The molecule has 0 radical (unpaired) electrons. The largest absolute Gasteiger partial charge is 0.491 e.